The number of rotatable bonds is 7. The van der Waals surface area contributed by atoms with Gasteiger partial charge in [-0.3, -0.25) is 0 Å². The summed E-state index contributed by atoms with van der Waals surface area (Å²) in [6.45, 7) is 0. The van der Waals surface area contributed by atoms with Crippen molar-refractivity contribution in [1.82, 2.24) is 0 Å². The third-order valence-corrected chi connectivity index (χ3v) is 11.6. The molecule has 0 spiro atoms. The van der Waals surface area contributed by atoms with E-state index < -0.39 is 0 Å². The van der Waals surface area contributed by atoms with Crippen molar-refractivity contribution >= 4 is 60.4 Å². The Morgan fingerprint density at radius 2 is 1.07 bits per heavy atom. The van der Waals surface area contributed by atoms with Crippen LogP contribution in [0, 0.1) is 12.1 Å². The molecule has 0 radical (unpaired) electrons. The number of para-hydroxylation sites is 2. The smallest absolute Gasteiger partial charge is 0.145 e. The van der Waals surface area contributed by atoms with E-state index in [9.17, 15) is 0 Å². The van der Waals surface area contributed by atoms with Crippen molar-refractivity contribution in [2.75, 3.05) is 4.90 Å². The summed E-state index contributed by atoms with van der Waals surface area (Å²) < 4.78 is 6.33. The minimum Gasteiger partial charge on any atom is -0.455 e. The first-order chi connectivity index (χ1) is 28.7. The molecular formula is C56H37NO. The predicted molar refractivity (Wildman–Crippen MR) is 243 cm³/mol. The molecular weight excluding hydrogens is 703 g/mol. The van der Waals surface area contributed by atoms with E-state index in [0.717, 1.165) is 57.3 Å². The van der Waals surface area contributed by atoms with Crippen molar-refractivity contribution in [2.24, 2.45) is 0 Å². The third-order valence-electron chi connectivity index (χ3n) is 11.6. The van der Waals surface area contributed by atoms with Crippen LogP contribution in [0.3, 0.4) is 0 Å². The summed E-state index contributed by atoms with van der Waals surface area (Å²) in [5.74, 6) is 0. The fourth-order valence-corrected chi connectivity index (χ4v) is 8.78. The molecule has 0 saturated heterocycles. The van der Waals surface area contributed by atoms with Gasteiger partial charge in [0.05, 0.1) is 11.1 Å². The number of allylic oxidation sites excluding steroid dienone is 4. The monoisotopic (exact) mass is 739 g/mol. The van der Waals surface area contributed by atoms with E-state index in [2.05, 4.69) is 199 Å². The molecule has 0 unspecified atom stereocenters. The molecule has 272 valence electrons. The second-order valence-corrected chi connectivity index (χ2v) is 15.0. The molecule has 0 atom stereocenters. The van der Waals surface area contributed by atoms with Crippen LogP contribution in [0.1, 0.15) is 18.4 Å². The van der Waals surface area contributed by atoms with Gasteiger partial charge in [0.15, 0.2) is 0 Å². The number of fused-ring (bicyclic) bond motifs is 5. The first-order valence-corrected chi connectivity index (χ1v) is 20.0. The van der Waals surface area contributed by atoms with Gasteiger partial charge in [-0.05, 0) is 116 Å². The van der Waals surface area contributed by atoms with Crippen LogP contribution in [0.25, 0.3) is 82.4 Å². The minimum atomic E-state index is 0.811. The van der Waals surface area contributed by atoms with Gasteiger partial charge in [-0.15, -0.1) is 0 Å². The summed E-state index contributed by atoms with van der Waals surface area (Å²) in [6, 6.07) is 74.3. The zero-order valence-corrected chi connectivity index (χ0v) is 31.8. The molecule has 2 nitrogen and oxygen atoms in total. The minimum absolute atomic E-state index is 0.811. The van der Waals surface area contributed by atoms with Gasteiger partial charge in [0.25, 0.3) is 0 Å². The largest absolute Gasteiger partial charge is 0.455 e. The van der Waals surface area contributed by atoms with Crippen LogP contribution in [0.15, 0.2) is 210 Å². The van der Waals surface area contributed by atoms with Gasteiger partial charge >= 0.3 is 0 Å². The van der Waals surface area contributed by atoms with E-state index in [0.29, 0.717) is 0 Å². The van der Waals surface area contributed by atoms with E-state index in [-0.39, 0.29) is 0 Å². The lowest BCUT2D eigenvalue weighted by Gasteiger charge is -2.31. The summed E-state index contributed by atoms with van der Waals surface area (Å²) >= 11 is 0. The molecule has 58 heavy (non-hydrogen) atoms. The molecule has 1 heterocycles. The van der Waals surface area contributed by atoms with Crippen molar-refractivity contribution in [1.29, 1.82) is 0 Å². The number of furan rings is 1. The highest BCUT2D eigenvalue weighted by molar-refractivity contribution is 6.05. The molecule has 10 aromatic rings. The molecule has 0 amide bonds. The number of nitrogens with zero attached hydrogens (tertiary/aromatic N) is 1. The number of hydrogen-bond acceptors (Lipinski definition) is 2. The van der Waals surface area contributed by atoms with E-state index in [1.807, 2.05) is 18.2 Å². The topological polar surface area (TPSA) is 16.4 Å². The zero-order valence-electron chi connectivity index (χ0n) is 31.8. The number of hydrogen-bond donors (Lipinski definition) is 0. The Kier molecular flexibility index (Phi) is 8.23. The van der Waals surface area contributed by atoms with E-state index >= 15 is 0 Å². The molecule has 0 N–H and O–H groups in total. The second-order valence-electron chi connectivity index (χ2n) is 15.0. The van der Waals surface area contributed by atoms with Crippen molar-refractivity contribution in [3.63, 3.8) is 0 Å². The van der Waals surface area contributed by atoms with Crippen molar-refractivity contribution in [2.45, 2.75) is 12.8 Å². The Balaban J connectivity index is 1.01. The average molecular weight is 740 g/mol. The maximum atomic E-state index is 6.33. The molecule has 2 heteroatoms. The van der Waals surface area contributed by atoms with Crippen LogP contribution in [-0.2, 0) is 0 Å². The highest BCUT2D eigenvalue weighted by atomic mass is 16.3. The van der Waals surface area contributed by atoms with Gasteiger partial charge in [-0.1, -0.05) is 164 Å². The Morgan fingerprint density at radius 3 is 1.86 bits per heavy atom. The molecule has 0 aliphatic heterocycles. The van der Waals surface area contributed by atoms with Gasteiger partial charge in [0.1, 0.15) is 11.2 Å². The Morgan fingerprint density at radius 1 is 0.431 bits per heavy atom. The van der Waals surface area contributed by atoms with Crippen molar-refractivity contribution in [3.8, 4) is 33.4 Å². The van der Waals surface area contributed by atoms with Crippen LogP contribution < -0.4 is 4.90 Å². The highest BCUT2D eigenvalue weighted by Crippen LogP contribution is 2.43. The normalized spacial score (nSPS) is 12.8. The van der Waals surface area contributed by atoms with E-state index in [4.69, 9.17) is 4.42 Å². The van der Waals surface area contributed by atoms with Gasteiger partial charge < -0.3 is 9.32 Å². The van der Waals surface area contributed by atoms with Gasteiger partial charge in [0.2, 0.25) is 0 Å². The predicted octanol–water partition coefficient (Wildman–Crippen LogP) is 15.4. The Hall–Kier alpha value is -7.60. The first-order valence-electron chi connectivity index (χ1n) is 20.0. The van der Waals surface area contributed by atoms with Crippen molar-refractivity contribution in [3.05, 3.63) is 224 Å². The average Bonchev–Trinajstić information content (AvgIpc) is 3.67. The summed E-state index contributed by atoms with van der Waals surface area (Å²) in [5.41, 5.74) is 14.6. The fourth-order valence-electron chi connectivity index (χ4n) is 8.78. The lowest BCUT2D eigenvalue weighted by molar-refractivity contribution is 0.669. The SMILES string of the molecule is c1c(-c2ccccc2N(C2=CC=C(c3cccc4ccccc34)CC2)c2ccc(-c3cccc(-c4cccc5ccccc45)c3)cc2)cc2oc3ccccc3c2c#1. The molecule has 0 fully saturated rings. The van der Waals surface area contributed by atoms with Crippen LogP contribution in [0.4, 0.5) is 11.4 Å². The lowest BCUT2D eigenvalue weighted by Crippen LogP contribution is -2.18. The quantitative estimate of drug-likeness (QED) is 0.162. The van der Waals surface area contributed by atoms with Gasteiger partial charge in [0, 0.05) is 27.9 Å². The highest BCUT2D eigenvalue weighted by Gasteiger charge is 2.22. The lowest BCUT2D eigenvalue weighted by atomic mass is 9.91. The van der Waals surface area contributed by atoms with Crippen LogP contribution >= 0.6 is 0 Å². The van der Waals surface area contributed by atoms with Gasteiger partial charge in [-0.25, -0.2) is 0 Å². The molecule has 11 rings (SSSR count). The van der Waals surface area contributed by atoms with Crippen molar-refractivity contribution < 1.29 is 4.42 Å². The third kappa shape index (κ3) is 5.93. The maximum Gasteiger partial charge on any atom is 0.145 e. The zero-order chi connectivity index (χ0) is 38.4. The Labute approximate surface area is 338 Å². The molecule has 0 bridgehead atoms. The number of anilines is 2. The summed E-state index contributed by atoms with van der Waals surface area (Å²) in [4.78, 5) is 2.43. The van der Waals surface area contributed by atoms with Crippen LogP contribution in [-0.4, -0.2) is 0 Å². The molecule has 1 aliphatic carbocycles. The van der Waals surface area contributed by atoms with E-state index in [1.165, 1.54) is 60.6 Å². The Bertz CT molecular complexity index is 3220. The van der Waals surface area contributed by atoms with Gasteiger partial charge in [-0.2, -0.15) is 0 Å². The molecule has 1 aliphatic rings. The van der Waals surface area contributed by atoms with E-state index in [1.54, 1.807) is 0 Å². The summed E-state index contributed by atoms with van der Waals surface area (Å²) in [6.07, 6.45) is 6.46. The summed E-state index contributed by atoms with van der Waals surface area (Å²) in [7, 11) is 0. The number of benzene rings is 8. The molecule has 1 aromatic heterocycles. The maximum absolute atomic E-state index is 6.33. The first kappa shape index (κ1) is 33.7. The standard InChI is InChI=1S/C56H37NO/c1-3-18-47-39(12-1)14-10-22-49(47)41-28-33-46(34-29-41)57(54-24-7-5-20-51(54)44-30-35-53-52-21-6-8-25-55(52)58-56(53)37-44)45-31-26-38(27-32-45)42-16-9-17-43(36-42)50-23-11-15-40-13-2-4-19-48(40)50/h1-28,31-33,36-37H,29,34H2. The molecule has 0 saturated carbocycles. The fraction of sp³-hybridized carbons (Fsp3) is 0.0357. The van der Waals surface area contributed by atoms with Crippen LogP contribution in [0.5, 0.6) is 0 Å². The second kappa shape index (κ2) is 14.2. The van der Waals surface area contributed by atoms with Crippen LogP contribution in [0.2, 0.25) is 0 Å². The molecule has 9 aromatic carbocycles. The summed E-state index contributed by atoms with van der Waals surface area (Å²) in [5, 5.41) is 7.08.